The number of nitrogens with zero attached hydrogens (tertiary/aromatic N) is 2. The molecule has 1 aliphatic heterocycles. The summed E-state index contributed by atoms with van der Waals surface area (Å²) >= 11 is 0. The number of nitrogens with one attached hydrogen (secondary N) is 1. The van der Waals surface area contributed by atoms with Crippen LogP contribution in [0.3, 0.4) is 0 Å². The Morgan fingerprint density at radius 1 is 1.12 bits per heavy atom. The lowest BCUT2D eigenvalue weighted by molar-refractivity contribution is 0.0571. The molecule has 2 amide bonds. The van der Waals surface area contributed by atoms with Crippen LogP contribution in [-0.4, -0.2) is 69.3 Å². The van der Waals surface area contributed by atoms with Crippen molar-refractivity contribution in [2.45, 2.75) is 6.92 Å². The second-order valence-electron chi connectivity index (χ2n) is 5.40. The van der Waals surface area contributed by atoms with E-state index in [1.54, 1.807) is 41.0 Å². The molecular formula is C15H21N3O5S. The molecule has 0 saturated carbocycles. The van der Waals surface area contributed by atoms with E-state index in [0.717, 1.165) is 6.26 Å². The number of hydrogen-bond donors (Lipinski definition) is 1. The van der Waals surface area contributed by atoms with Gasteiger partial charge in [0.25, 0.3) is 5.91 Å². The molecule has 1 heterocycles. The maximum absolute atomic E-state index is 12.7. The van der Waals surface area contributed by atoms with Crippen LogP contribution in [0.4, 0.5) is 10.5 Å². The lowest BCUT2D eigenvalue weighted by Crippen LogP contribution is -2.50. The number of ether oxygens (including phenoxy) is 1. The summed E-state index contributed by atoms with van der Waals surface area (Å²) in [6.45, 7) is 3.54. The van der Waals surface area contributed by atoms with Gasteiger partial charge in [0, 0.05) is 26.2 Å². The van der Waals surface area contributed by atoms with Crippen molar-refractivity contribution >= 4 is 27.7 Å². The Hall–Kier alpha value is -2.29. The summed E-state index contributed by atoms with van der Waals surface area (Å²) in [5.41, 5.74) is 0.533. The van der Waals surface area contributed by atoms with Crippen molar-refractivity contribution < 1.29 is 22.7 Å². The van der Waals surface area contributed by atoms with Crippen molar-refractivity contribution in [2.75, 3.05) is 43.8 Å². The highest BCUT2D eigenvalue weighted by Crippen LogP contribution is 2.19. The molecule has 0 radical (unpaired) electrons. The van der Waals surface area contributed by atoms with E-state index in [0.29, 0.717) is 32.8 Å². The van der Waals surface area contributed by atoms with Crippen LogP contribution in [0.1, 0.15) is 17.3 Å². The van der Waals surface area contributed by atoms with E-state index in [1.807, 2.05) is 0 Å². The van der Waals surface area contributed by atoms with Gasteiger partial charge < -0.3 is 14.5 Å². The largest absolute Gasteiger partial charge is 0.450 e. The summed E-state index contributed by atoms with van der Waals surface area (Å²) in [6.07, 6.45) is 0.649. The topological polar surface area (TPSA) is 96.0 Å². The minimum absolute atomic E-state index is 0.248. The highest BCUT2D eigenvalue weighted by Gasteiger charge is 2.26. The van der Waals surface area contributed by atoms with Gasteiger partial charge >= 0.3 is 6.09 Å². The molecule has 8 nitrogen and oxygen atoms in total. The van der Waals surface area contributed by atoms with Crippen LogP contribution < -0.4 is 4.72 Å². The highest BCUT2D eigenvalue weighted by atomic mass is 32.2. The third-order valence-electron chi connectivity index (χ3n) is 3.55. The molecule has 0 spiro atoms. The van der Waals surface area contributed by atoms with Crippen molar-refractivity contribution in [2.24, 2.45) is 0 Å². The molecule has 0 atom stereocenters. The van der Waals surface area contributed by atoms with Gasteiger partial charge in [0.1, 0.15) is 0 Å². The van der Waals surface area contributed by atoms with Crippen molar-refractivity contribution in [1.29, 1.82) is 0 Å². The predicted octanol–water partition coefficient (Wildman–Crippen LogP) is 0.972. The normalized spacial score (nSPS) is 15.1. The molecule has 1 aliphatic rings. The van der Waals surface area contributed by atoms with Gasteiger partial charge in [-0.3, -0.25) is 9.52 Å². The molecule has 1 aromatic rings. The van der Waals surface area contributed by atoms with Crippen LogP contribution in [0, 0.1) is 0 Å². The number of benzene rings is 1. The van der Waals surface area contributed by atoms with Crippen molar-refractivity contribution in [3.05, 3.63) is 29.8 Å². The average molecular weight is 355 g/mol. The number of hydrogen-bond acceptors (Lipinski definition) is 5. The lowest BCUT2D eigenvalue weighted by atomic mass is 10.1. The first-order chi connectivity index (χ1) is 11.3. The first-order valence-corrected chi connectivity index (χ1v) is 9.48. The van der Waals surface area contributed by atoms with Crippen molar-refractivity contribution in [3.63, 3.8) is 0 Å². The van der Waals surface area contributed by atoms with Gasteiger partial charge in [0.15, 0.2) is 0 Å². The summed E-state index contributed by atoms with van der Waals surface area (Å²) < 4.78 is 30.2. The van der Waals surface area contributed by atoms with Gasteiger partial charge in [-0.1, -0.05) is 12.1 Å². The zero-order chi connectivity index (χ0) is 17.7. The SMILES string of the molecule is CCOC(=O)N1CCN(C(=O)c2ccccc2NS(C)(=O)=O)CC1. The number of amides is 2. The summed E-state index contributed by atoms with van der Waals surface area (Å²) in [7, 11) is -3.48. The smallest absolute Gasteiger partial charge is 0.409 e. The molecule has 0 unspecified atom stereocenters. The van der Waals surface area contributed by atoms with Crippen molar-refractivity contribution in [3.8, 4) is 0 Å². The van der Waals surface area contributed by atoms with E-state index in [4.69, 9.17) is 4.74 Å². The molecule has 0 bridgehead atoms. The van der Waals surface area contributed by atoms with Crippen LogP contribution in [0.25, 0.3) is 0 Å². The molecule has 24 heavy (non-hydrogen) atoms. The Morgan fingerprint density at radius 3 is 2.29 bits per heavy atom. The van der Waals surface area contributed by atoms with Gasteiger partial charge in [-0.2, -0.15) is 0 Å². The lowest BCUT2D eigenvalue weighted by Gasteiger charge is -2.34. The number of para-hydroxylation sites is 1. The fourth-order valence-corrected chi connectivity index (χ4v) is 3.01. The van der Waals surface area contributed by atoms with E-state index in [9.17, 15) is 18.0 Å². The second kappa shape index (κ2) is 7.52. The Labute approximate surface area is 141 Å². The van der Waals surface area contributed by atoms with Gasteiger partial charge in [-0.05, 0) is 19.1 Å². The zero-order valence-corrected chi connectivity index (χ0v) is 14.5. The summed E-state index contributed by atoms with van der Waals surface area (Å²) in [6, 6.07) is 6.45. The van der Waals surface area contributed by atoms with E-state index in [2.05, 4.69) is 4.72 Å². The Kier molecular flexibility index (Phi) is 5.66. The average Bonchev–Trinajstić information content (AvgIpc) is 2.53. The monoisotopic (exact) mass is 355 g/mol. The fraction of sp³-hybridized carbons (Fsp3) is 0.467. The van der Waals surface area contributed by atoms with Crippen LogP contribution in [-0.2, 0) is 14.8 Å². The summed E-state index contributed by atoms with van der Waals surface area (Å²) in [5.74, 6) is -0.273. The van der Waals surface area contributed by atoms with Crippen LogP contribution in [0.15, 0.2) is 24.3 Å². The third-order valence-corrected chi connectivity index (χ3v) is 4.14. The maximum atomic E-state index is 12.7. The zero-order valence-electron chi connectivity index (χ0n) is 13.7. The van der Waals surface area contributed by atoms with Gasteiger partial charge in [0.2, 0.25) is 10.0 Å². The van der Waals surface area contributed by atoms with E-state index in [1.165, 1.54) is 0 Å². The Morgan fingerprint density at radius 2 is 1.71 bits per heavy atom. The first kappa shape index (κ1) is 18.1. The number of rotatable bonds is 4. The fourth-order valence-electron chi connectivity index (χ4n) is 2.44. The molecule has 2 rings (SSSR count). The van der Waals surface area contributed by atoms with Gasteiger partial charge in [-0.15, -0.1) is 0 Å². The van der Waals surface area contributed by atoms with E-state index >= 15 is 0 Å². The molecule has 132 valence electrons. The predicted molar refractivity (Wildman–Crippen MR) is 89.4 cm³/mol. The number of anilines is 1. The third kappa shape index (κ3) is 4.60. The van der Waals surface area contributed by atoms with E-state index in [-0.39, 0.29) is 23.3 Å². The van der Waals surface area contributed by atoms with Crippen molar-refractivity contribution in [1.82, 2.24) is 9.80 Å². The van der Waals surface area contributed by atoms with Gasteiger partial charge in [-0.25, -0.2) is 13.2 Å². The van der Waals surface area contributed by atoms with E-state index < -0.39 is 10.0 Å². The number of carbonyl (C=O) groups excluding carboxylic acids is 2. The van der Waals surface area contributed by atoms with Crippen LogP contribution in [0.2, 0.25) is 0 Å². The molecule has 0 aliphatic carbocycles. The number of sulfonamides is 1. The maximum Gasteiger partial charge on any atom is 0.409 e. The standard InChI is InChI=1S/C15H21N3O5S/c1-3-23-15(20)18-10-8-17(9-11-18)14(19)12-6-4-5-7-13(12)16-24(2,21)22/h4-7,16H,3,8-11H2,1-2H3. The minimum Gasteiger partial charge on any atom is -0.450 e. The van der Waals surface area contributed by atoms with Crippen LogP contribution in [0.5, 0.6) is 0 Å². The highest BCUT2D eigenvalue weighted by molar-refractivity contribution is 7.92. The minimum atomic E-state index is -3.48. The molecule has 9 heteroatoms. The number of piperazine rings is 1. The van der Waals surface area contributed by atoms with Crippen LogP contribution >= 0.6 is 0 Å². The molecule has 0 aromatic heterocycles. The summed E-state index contributed by atoms with van der Waals surface area (Å²) in [5, 5.41) is 0. The molecule has 1 fully saturated rings. The quantitative estimate of drug-likeness (QED) is 0.868. The Balaban J connectivity index is 2.07. The molecule has 1 N–H and O–H groups in total. The molecular weight excluding hydrogens is 334 g/mol. The molecule has 1 aromatic carbocycles. The number of carbonyl (C=O) groups is 2. The molecule has 1 saturated heterocycles. The second-order valence-corrected chi connectivity index (χ2v) is 7.15. The first-order valence-electron chi connectivity index (χ1n) is 7.59. The van der Waals surface area contributed by atoms with Gasteiger partial charge in [0.05, 0.1) is 24.1 Å². The summed E-state index contributed by atoms with van der Waals surface area (Å²) in [4.78, 5) is 27.5. The Bertz CT molecular complexity index is 712.